The molecule has 1 rings (SSSR count). The van der Waals surface area contributed by atoms with E-state index in [-0.39, 0.29) is 0 Å². The fraction of sp³-hybridized carbons (Fsp3) is 0.769. The third kappa shape index (κ3) is 10.2. The van der Waals surface area contributed by atoms with Crippen molar-refractivity contribution < 1.29 is 5.11 Å². The molecular formula is C26H46O. The van der Waals surface area contributed by atoms with E-state index < -0.39 is 0 Å². The van der Waals surface area contributed by atoms with Gasteiger partial charge in [0, 0.05) is 0 Å². The first-order chi connectivity index (χ1) is 13.2. The van der Waals surface area contributed by atoms with E-state index in [2.05, 4.69) is 26.8 Å². The zero-order valence-electron chi connectivity index (χ0n) is 18.6. The van der Waals surface area contributed by atoms with Gasteiger partial charge < -0.3 is 5.11 Å². The van der Waals surface area contributed by atoms with E-state index in [1.54, 1.807) is 0 Å². The molecule has 0 aliphatic heterocycles. The molecule has 0 fully saturated rings. The summed E-state index contributed by atoms with van der Waals surface area (Å²) in [7, 11) is 0. The number of aromatic hydroxyl groups is 1. The molecule has 1 aromatic rings. The number of hydrogen-bond donors (Lipinski definition) is 1. The number of rotatable bonds is 17. The van der Waals surface area contributed by atoms with Crippen molar-refractivity contribution >= 4 is 0 Å². The molecule has 1 N–H and O–H groups in total. The van der Waals surface area contributed by atoms with Crippen molar-refractivity contribution in [3.05, 3.63) is 28.8 Å². The van der Waals surface area contributed by atoms with Crippen molar-refractivity contribution in [3.63, 3.8) is 0 Å². The zero-order valence-corrected chi connectivity index (χ0v) is 18.6. The Morgan fingerprint density at radius 3 is 1.59 bits per heavy atom. The summed E-state index contributed by atoms with van der Waals surface area (Å²) in [5, 5.41) is 10.5. The summed E-state index contributed by atoms with van der Waals surface area (Å²) < 4.78 is 0. The second-order valence-corrected chi connectivity index (χ2v) is 8.34. The number of hydrogen-bond acceptors (Lipinski definition) is 1. The average Bonchev–Trinajstić information content (AvgIpc) is 2.67. The highest BCUT2D eigenvalue weighted by Crippen LogP contribution is 2.29. The van der Waals surface area contributed by atoms with Gasteiger partial charge in [0.2, 0.25) is 0 Å². The van der Waals surface area contributed by atoms with Crippen molar-refractivity contribution in [2.45, 2.75) is 130 Å². The topological polar surface area (TPSA) is 20.2 Å². The number of unbranched alkanes of at least 4 members (excludes halogenated alkanes) is 11. The van der Waals surface area contributed by atoms with Crippen molar-refractivity contribution in [1.29, 1.82) is 0 Å². The van der Waals surface area contributed by atoms with Crippen LogP contribution in [0.3, 0.4) is 0 Å². The van der Waals surface area contributed by atoms with Crippen LogP contribution in [0.1, 0.15) is 127 Å². The molecule has 0 aromatic heterocycles. The van der Waals surface area contributed by atoms with Crippen LogP contribution in [0, 0.1) is 0 Å². The van der Waals surface area contributed by atoms with Gasteiger partial charge in [-0.1, -0.05) is 104 Å². The predicted molar refractivity (Wildman–Crippen MR) is 121 cm³/mol. The summed E-state index contributed by atoms with van der Waals surface area (Å²) in [6.07, 6.45) is 22.0. The highest BCUT2D eigenvalue weighted by atomic mass is 16.3. The molecule has 0 saturated carbocycles. The number of phenols is 1. The largest absolute Gasteiger partial charge is 0.508 e. The molecule has 156 valence electrons. The Balaban J connectivity index is 2.42. The van der Waals surface area contributed by atoms with E-state index in [0.29, 0.717) is 5.75 Å². The molecule has 0 aliphatic rings. The molecule has 0 heterocycles. The first kappa shape index (κ1) is 24.1. The summed E-state index contributed by atoms with van der Waals surface area (Å²) in [6.45, 7) is 6.80. The monoisotopic (exact) mass is 374 g/mol. The highest BCUT2D eigenvalue weighted by molar-refractivity contribution is 5.45. The smallest absolute Gasteiger partial charge is 0.119 e. The summed E-state index contributed by atoms with van der Waals surface area (Å²) in [4.78, 5) is 0. The summed E-state index contributed by atoms with van der Waals surface area (Å²) in [6, 6.07) is 4.11. The Morgan fingerprint density at radius 2 is 1.00 bits per heavy atom. The second kappa shape index (κ2) is 16.0. The van der Waals surface area contributed by atoms with Crippen molar-refractivity contribution in [3.8, 4) is 5.75 Å². The molecule has 0 bridgehead atoms. The Bertz CT molecular complexity index is 477. The van der Waals surface area contributed by atoms with Crippen LogP contribution in [0.15, 0.2) is 12.1 Å². The van der Waals surface area contributed by atoms with Gasteiger partial charge in [-0.05, 0) is 54.9 Å². The maximum absolute atomic E-state index is 10.5. The van der Waals surface area contributed by atoms with E-state index in [0.717, 1.165) is 19.3 Å². The van der Waals surface area contributed by atoms with Gasteiger partial charge in [0.15, 0.2) is 0 Å². The van der Waals surface area contributed by atoms with Crippen molar-refractivity contribution in [2.75, 3.05) is 0 Å². The van der Waals surface area contributed by atoms with Crippen LogP contribution >= 0.6 is 0 Å². The minimum absolute atomic E-state index is 0.539. The first-order valence-corrected chi connectivity index (χ1v) is 12.1. The van der Waals surface area contributed by atoms with Crippen LogP contribution in [-0.2, 0) is 19.3 Å². The lowest BCUT2D eigenvalue weighted by atomic mass is 9.90. The van der Waals surface area contributed by atoms with Gasteiger partial charge in [0.1, 0.15) is 5.75 Å². The lowest BCUT2D eigenvalue weighted by Gasteiger charge is -2.16. The van der Waals surface area contributed by atoms with Crippen molar-refractivity contribution in [1.82, 2.24) is 0 Å². The number of benzene rings is 1. The standard InChI is InChI=1S/C26H46O/c1-4-7-9-10-11-12-13-14-15-17-20-25-24(19-16-8-5-2)23(18-6-3)21-22-26(25)27/h21-22,27H,4-20H2,1-3H3. The lowest BCUT2D eigenvalue weighted by molar-refractivity contribution is 0.463. The van der Waals surface area contributed by atoms with Crippen LogP contribution in [0.25, 0.3) is 0 Å². The molecule has 1 aromatic carbocycles. The Labute approximate surface area is 170 Å². The summed E-state index contributed by atoms with van der Waals surface area (Å²) >= 11 is 0. The minimum Gasteiger partial charge on any atom is -0.508 e. The third-order valence-electron chi connectivity index (χ3n) is 5.83. The molecule has 1 heteroatoms. The van der Waals surface area contributed by atoms with Crippen LogP contribution in [0.2, 0.25) is 0 Å². The summed E-state index contributed by atoms with van der Waals surface area (Å²) in [5.74, 6) is 0.539. The maximum atomic E-state index is 10.5. The van der Waals surface area contributed by atoms with Gasteiger partial charge in [0.05, 0.1) is 0 Å². The van der Waals surface area contributed by atoms with E-state index in [9.17, 15) is 5.11 Å². The average molecular weight is 375 g/mol. The number of phenolic OH excluding ortho intramolecular Hbond substituents is 1. The number of aryl methyl sites for hydroxylation is 1. The predicted octanol–water partition coefficient (Wildman–Crippen LogP) is 8.54. The molecule has 0 aliphatic carbocycles. The van der Waals surface area contributed by atoms with Gasteiger partial charge >= 0.3 is 0 Å². The molecule has 0 spiro atoms. The van der Waals surface area contributed by atoms with E-state index in [1.165, 1.54) is 107 Å². The molecule has 0 amide bonds. The van der Waals surface area contributed by atoms with Gasteiger partial charge in [0.25, 0.3) is 0 Å². The Kier molecular flexibility index (Phi) is 14.3. The van der Waals surface area contributed by atoms with Gasteiger partial charge in [-0.2, -0.15) is 0 Å². The van der Waals surface area contributed by atoms with E-state index >= 15 is 0 Å². The van der Waals surface area contributed by atoms with Gasteiger partial charge in [-0.3, -0.25) is 0 Å². The quantitative estimate of drug-likeness (QED) is 0.271. The highest BCUT2D eigenvalue weighted by Gasteiger charge is 2.12. The second-order valence-electron chi connectivity index (χ2n) is 8.34. The Morgan fingerprint density at radius 1 is 0.519 bits per heavy atom. The SMILES string of the molecule is CCCCCCCCCCCCc1c(O)ccc(CCC)c1CCCCC. The Hall–Kier alpha value is -0.980. The molecular weight excluding hydrogens is 328 g/mol. The third-order valence-corrected chi connectivity index (χ3v) is 5.83. The first-order valence-electron chi connectivity index (χ1n) is 12.1. The van der Waals surface area contributed by atoms with Gasteiger partial charge in [-0.15, -0.1) is 0 Å². The fourth-order valence-electron chi connectivity index (χ4n) is 4.16. The fourth-order valence-corrected chi connectivity index (χ4v) is 4.16. The zero-order chi connectivity index (χ0) is 19.7. The normalized spacial score (nSPS) is 11.2. The molecule has 1 nitrogen and oxygen atoms in total. The van der Waals surface area contributed by atoms with Crippen LogP contribution < -0.4 is 0 Å². The van der Waals surface area contributed by atoms with Crippen LogP contribution in [0.5, 0.6) is 5.75 Å². The van der Waals surface area contributed by atoms with Crippen molar-refractivity contribution in [2.24, 2.45) is 0 Å². The molecule has 0 unspecified atom stereocenters. The molecule has 0 radical (unpaired) electrons. The van der Waals surface area contributed by atoms with Gasteiger partial charge in [-0.25, -0.2) is 0 Å². The van der Waals surface area contributed by atoms with Crippen LogP contribution in [0.4, 0.5) is 0 Å². The minimum atomic E-state index is 0.539. The summed E-state index contributed by atoms with van der Waals surface area (Å²) in [5.41, 5.74) is 4.21. The van der Waals surface area contributed by atoms with Crippen LogP contribution in [-0.4, -0.2) is 5.11 Å². The molecule has 27 heavy (non-hydrogen) atoms. The maximum Gasteiger partial charge on any atom is 0.119 e. The van der Waals surface area contributed by atoms with E-state index in [4.69, 9.17) is 0 Å². The molecule has 0 atom stereocenters. The lowest BCUT2D eigenvalue weighted by Crippen LogP contribution is -2.02. The molecule has 0 saturated heterocycles. The van der Waals surface area contributed by atoms with E-state index in [1.807, 2.05) is 6.07 Å².